The summed E-state index contributed by atoms with van der Waals surface area (Å²) >= 11 is 0. The van der Waals surface area contributed by atoms with Gasteiger partial charge in [-0.3, -0.25) is 4.90 Å². The summed E-state index contributed by atoms with van der Waals surface area (Å²) in [4.78, 5) is 2.46. The van der Waals surface area contributed by atoms with Crippen molar-refractivity contribution in [3.63, 3.8) is 0 Å². The first-order valence-electron chi connectivity index (χ1n) is 14.6. The van der Waals surface area contributed by atoms with Crippen LogP contribution in [0.15, 0.2) is 91.0 Å². The van der Waals surface area contributed by atoms with E-state index in [1.807, 2.05) is 24.3 Å². The fourth-order valence-electron chi connectivity index (χ4n) is 5.40. The second kappa shape index (κ2) is 12.9. The van der Waals surface area contributed by atoms with Crippen LogP contribution in [-0.4, -0.2) is 38.6 Å². The van der Waals surface area contributed by atoms with E-state index in [-0.39, 0.29) is 18.3 Å². The number of piperidine rings is 1. The molecule has 0 aromatic heterocycles. The zero-order chi connectivity index (χ0) is 28.9. The average Bonchev–Trinajstić information content (AvgIpc) is 2.96. The molecule has 1 saturated heterocycles. The molecule has 1 aliphatic heterocycles. The second-order valence-electron chi connectivity index (χ2n) is 12.4. The molecular formula is C35H42FNO3Si. The predicted molar refractivity (Wildman–Crippen MR) is 167 cm³/mol. The summed E-state index contributed by atoms with van der Waals surface area (Å²) < 4.78 is 32.5. The molecule has 0 N–H and O–H groups in total. The standard InChI is InChI=1S/C35H42FNO3Si/c1-27(41(2,3)4)38-26-39-34-18-13-30-21-29(11-12-31(30)22-34)24-40-35(32-14-16-33(36)17-15-32)19-8-20-37(25-35)23-28-9-6-5-7-10-28/h5-7,9-18,21-22,27H,8,19-20,23-26H2,1-4H3. The van der Waals surface area contributed by atoms with Crippen LogP contribution in [-0.2, 0) is 28.2 Å². The summed E-state index contributed by atoms with van der Waals surface area (Å²) in [6, 6.07) is 30.0. The van der Waals surface area contributed by atoms with Crippen molar-refractivity contribution in [3.8, 4) is 5.75 Å². The average molecular weight is 572 g/mol. The van der Waals surface area contributed by atoms with Gasteiger partial charge in [-0.1, -0.05) is 80.3 Å². The van der Waals surface area contributed by atoms with Crippen LogP contribution < -0.4 is 4.74 Å². The molecule has 0 bridgehead atoms. The number of likely N-dealkylation sites (tertiary alicyclic amines) is 1. The molecule has 4 aromatic carbocycles. The monoisotopic (exact) mass is 571 g/mol. The van der Waals surface area contributed by atoms with E-state index in [0.29, 0.717) is 6.61 Å². The Hall–Kier alpha value is -3.03. The van der Waals surface area contributed by atoms with E-state index in [0.717, 1.165) is 60.1 Å². The van der Waals surface area contributed by atoms with Gasteiger partial charge in [0.05, 0.1) is 14.7 Å². The molecule has 1 heterocycles. The largest absolute Gasteiger partial charge is 0.468 e. The lowest BCUT2D eigenvalue weighted by atomic mass is 9.85. The minimum atomic E-state index is -1.35. The molecule has 41 heavy (non-hydrogen) atoms. The van der Waals surface area contributed by atoms with Gasteiger partial charge in [0.1, 0.15) is 17.2 Å². The number of hydrogen-bond acceptors (Lipinski definition) is 4. The molecule has 1 fully saturated rings. The molecule has 2 atom stereocenters. The van der Waals surface area contributed by atoms with E-state index in [2.05, 4.69) is 86.1 Å². The minimum absolute atomic E-state index is 0.226. The summed E-state index contributed by atoms with van der Waals surface area (Å²) in [6.07, 6.45) is 1.92. The van der Waals surface area contributed by atoms with Gasteiger partial charge >= 0.3 is 0 Å². The predicted octanol–water partition coefficient (Wildman–Crippen LogP) is 8.31. The number of hydrogen-bond donors (Lipinski definition) is 0. The van der Waals surface area contributed by atoms with Gasteiger partial charge in [0.15, 0.2) is 6.79 Å². The quantitative estimate of drug-likeness (QED) is 0.134. The van der Waals surface area contributed by atoms with Gasteiger partial charge in [-0.2, -0.15) is 0 Å². The zero-order valence-corrected chi connectivity index (χ0v) is 25.7. The number of rotatable bonds is 11. The molecule has 2 unspecified atom stereocenters. The first-order chi connectivity index (χ1) is 19.7. The van der Waals surface area contributed by atoms with Crippen molar-refractivity contribution in [2.24, 2.45) is 0 Å². The van der Waals surface area contributed by atoms with E-state index < -0.39 is 13.7 Å². The highest BCUT2D eigenvalue weighted by Gasteiger charge is 2.38. The highest BCUT2D eigenvalue weighted by atomic mass is 28.3. The summed E-state index contributed by atoms with van der Waals surface area (Å²) in [5.74, 6) is 0.580. The summed E-state index contributed by atoms with van der Waals surface area (Å²) in [5.41, 5.74) is 3.17. The van der Waals surface area contributed by atoms with Crippen molar-refractivity contribution in [1.82, 2.24) is 4.90 Å². The van der Waals surface area contributed by atoms with E-state index in [9.17, 15) is 4.39 Å². The third kappa shape index (κ3) is 7.63. The van der Waals surface area contributed by atoms with Crippen molar-refractivity contribution in [1.29, 1.82) is 0 Å². The lowest BCUT2D eigenvalue weighted by Crippen LogP contribution is -2.47. The van der Waals surface area contributed by atoms with Crippen LogP contribution in [0.4, 0.5) is 4.39 Å². The third-order valence-corrected chi connectivity index (χ3v) is 10.9. The smallest absolute Gasteiger partial charge is 0.188 e. The molecule has 0 saturated carbocycles. The lowest BCUT2D eigenvalue weighted by molar-refractivity contribution is -0.107. The molecule has 4 nitrogen and oxygen atoms in total. The van der Waals surface area contributed by atoms with Crippen LogP contribution in [0.1, 0.15) is 36.5 Å². The topological polar surface area (TPSA) is 30.9 Å². The van der Waals surface area contributed by atoms with E-state index in [4.69, 9.17) is 14.2 Å². The third-order valence-electron chi connectivity index (χ3n) is 8.31. The number of nitrogens with zero attached hydrogens (tertiary/aromatic N) is 1. The van der Waals surface area contributed by atoms with Gasteiger partial charge in [0, 0.05) is 18.8 Å². The Morgan fingerprint density at radius 2 is 1.61 bits per heavy atom. The van der Waals surface area contributed by atoms with Crippen molar-refractivity contribution in [2.75, 3.05) is 19.9 Å². The van der Waals surface area contributed by atoms with E-state index in [1.165, 1.54) is 5.56 Å². The molecule has 0 radical (unpaired) electrons. The van der Waals surface area contributed by atoms with Crippen molar-refractivity contribution in [3.05, 3.63) is 114 Å². The van der Waals surface area contributed by atoms with E-state index >= 15 is 0 Å². The van der Waals surface area contributed by atoms with Crippen LogP contribution in [0, 0.1) is 5.82 Å². The number of halogens is 1. The number of fused-ring (bicyclic) bond motifs is 1. The highest BCUT2D eigenvalue weighted by molar-refractivity contribution is 6.77. The Morgan fingerprint density at radius 3 is 2.37 bits per heavy atom. The number of ether oxygens (including phenoxy) is 3. The first kappa shape index (κ1) is 29.5. The molecule has 4 aromatic rings. The molecule has 0 aliphatic carbocycles. The van der Waals surface area contributed by atoms with Gasteiger partial charge in [-0.15, -0.1) is 0 Å². The Morgan fingerprint density at radius 1 is 0.878 bits per heavy atom. The van der Waals surface area contributed by atoms with Gasteiger partial charge in [-0.05, 0) is 84.1 Å². The van der Waals surface area contributed by atoms with E-state index in [1.54, 1.807) is 12.1 Å². The van der Waals surface area contributed by atoms with Crippen LogP contribution in [0.5, 0.6) is 5.75 Å². The number of benzene rings is 4. The van der Waals surface area contributed by atoms with Crippen LogP contribution in [0.25, 0.3) is 10.8 Å². The fraction of sp³-hybridized carbons (Fsp3) is 0.371. The van der Waals surface area contributed by atoms with Gasteiger partial charge in [-0.25, -0.2) is 4.39 Å². The van der Waals surface area contributed by atoms with Crippen molar-refractivity contribution in [2.45, 2.75) is 63.9 Å². The minimum Gasteiger partial charge on any atom is -0.468 e. The van der Waals surface area contributed by atoms with Crippen molar-refractivity contribution >= 4 is 18.8 Å². The maximum Gasteiger partial charge on any atom is 0.188 e. The summed E-state index contributed by atoms with van der Waals surface area (Å²) in [5, 5.41) is 2.25. The SMILES string of the molecule is CC(OCOc1ccc2cc(COC3(c4ccc(F)cc4)CCCN(Cc4ccccc4)C3)ccc2c1)[Si](C)(C)C. The summed E-state index contributed by atoms with van der Waals surface area (Å²) in [7, 11) is -1.35. The molecule has 0 amide bonds. The maximum absolute atomic E-state index is 13.9. The second-order valence-corrected chi connectivity index (χ2v) is 17.9. The molecular weight excluding hydrogens is 529 g/mol. The van der Waals surface area contributed by atoms with Crippen molar-refractivity contribution < 1.29 is 18.6 Å². The zero-order valence-electron chi connectivity index (χ0n) is 24.7. The normalized spacial score (nSPS) is 18.9. The van der Waals surface area contributed by atoms with Crippen LogP contribution >= 0.6 is 0 Å². The Balaban J connectivity index is 1.29. The van der Waals surface area contributed by atoms with Crippen LogP contribution in [0.2, 0.25) is 19.6 Å². The maximum atomic E-state index is 13.9. The molecule has 6 heteroatoms. The Bertz CT molecular complexity index is 1420. The van der Waals surface area contributed by atoms with Crippen LogP contribution in [0.3, 0.4) is 0 Å². The lowest BCUT2D eigenvalue weighted by Gasteiger charge is -2.43. The Kier molecular flexibility index (Phi) is 9.24. The molecule has 1 aliphatic rings. The highest BCUT2D eigenvalue weighted by Crippen LogP contribution is 2.37. The first-order valence-corrected chi connectivity index (χ1v) is 18.2. The van der Waals surface area contributed by atoms with Gasteiger partial charge in [0.25, 0.3) is 0 Å². The van der Waals surface area contributed by atoms with Gasteiger partial charge in [0.2, 0.25) is 0 Å². The van der Waals surface area contributed by atoms with Gasteiger partial charge < -0.3 is 14.2 Å². The molecule has 216 valence electrons. The Labute approximate surface area is 245 Å². The molecule has 5 rings (SSSR count). The molecule has 0 spiro atoms. The fourth-order valence-corrected chi connectivity index (χ4v) is 5.97. The summed E-state index contributed by atoms with van der Waals surface area (Å²) in [6.45, 7) is 12.4.